The molecule has 28 heavy (non-hydrogen) atoms. The number of ether oxygens (including phenoxy) is 1. The lowest BCUT2D eigenvalue weighted by Crippen LogP contribution is -2.29. The summed E-state index contributed by atoms with van der Waals surface area (Å²) in [6.45, 7) is 1.81. The number of anilines is 1. The third-order valence-electron chi connectivity index (χ3n) is 4.40. The van der Waals surface area contributed by atoms with Gasteiger partial charge in [0, 0.05) is 13.5 Å². The maximum atomic E-state index is 13.1. The molecule has 0 saturated carbocycles. The number of hydrogen-bond acceptors (Lipinski definition) is 7. The molecule has 8 nitrogen and oxygen atoms in total. The van der Waals surface area contributed by atoms with Crippen molar-refractivity contribution >= 4 is 21.7 Å². The Balaban J connectivity index is 1.55. The highest BCUT2D eigenvalue weighted by molar-refractivity contribution is 7.92. The van der Waals surface area contributed by atoms with Crippen molar-refractivity contribution in [2.45, 2.75) is 24.8 Å². The van der Waals surface area contributed by atoms with Gasteiger partial charge in [0.2, 0.25) is 5.89 Å². The van der Waals surface area contributed by atoms with Crippen molar-refractivity contribution in [1.82, 2.24) is 10.2 Å². The lowest BCUT2D eigenvalue weighted by Gasteiger charge is -2.19. The van der Waals surface area contributed by atoms with E-state index in [1.807, 2.05) is 12.1 Å². The molecule has 0 bridgehead atoms. The number of rotatable bonds is 5. The Morgan fingerprint density at radius 2 is 2.00 bits per heavy atom. The third-order valence-corrected chi connectivity index (χ3v) is 6.21. The Bertz CT molecular complexity index is 1140. The summed E-state index contributed by atoms with van der Waals surface area (Å²) in [6, 6.07) is 13.2. The molecule has 3 aromatic rings. The van der Waals surface area contributed by atoms with E-state index in [1.54, 1.807) is 19.1 Å². The van der Waals surface area contributed by atoms with Crippen molar-refractivity contribution < 1.29 is 22.4 Å². The quantitative estimate of drug-likeness (QED) is 0.607. The molecule has 2 heterocycles. The molecule has 0 atom stereocenters. The molecule has 0 fully saturated rings. The molecule has 0 saturated heterocycles. The second-order valence-electron chi connectivity index (χ2n) is 6.27. The first-order chi connectivity index (χ1) is 13.4. The van der Waals surface area contributed by atoms with Crippen LogP contribution in [0.15, 0.2) is 57.8 Å². The Hall–Kier alpha value is -3.20. The summed E-state index contributed by atoms with van der Waals surface area (Å²) in [5.74, 6) is -0.136. The van der Waals surface area contributed by atoms with Crippen LogP contribution in [-0.2, 0) is 27.8 Å². The summed E-state index contributed by atoms with van der Waals surface area (Å²) in [5, 5.41) is 7.40. The van der Waals surface area contributed by atoms with Gasteiger partial charge in [-0.25, -0.2) is 13.2 Å². The summed E-state index contributed by atoms with van der Waals surface area (Å²) in [6.07, 6.45) is 0.654. The Morgan fingerprint density at radius 1 is 1.18 bits per heavy atom. The molecule has 0 amide bonds. The number of fused-ring (bicyclic) bond motifs is 1. The predicted molar refractivity (Wildman–Crippen MR) is 99.3 cm³/mol. The van der Waals surface area contributed by atoms with E-state index in [2.05, 4.69) is 10.2 Å². The highest BCUT2D eigenvalue weighted by Crippen LogP contribution is 2.32. The van der Waals surface area contributed by atoms with E-state index in [4.69, 9.17) is 9.15 Å². The summed E-state index contributed by atoms with van der Waals surface area (Å²) in [5.41, 5.74) is 1.78. The number of carbonyl (C=O) groups is 1. The van der Waals surface area contributed by atoms with Crippen LogP contribution in [0.5, 0.6) is 0 Å². The van der Waals surface area contributed by atoms with Crippen molar-refractivity contribution in [3.05, 3.63) is 71.4 Å². The summed E-state index contributed by atoms with van der Waals surface area (Å²) >= 11 is 0. The Kier molecular flexibility index (Phi) is 4.60. The molecule has 1 aliphatic heterocycles. The second-order valence-corrected chi connectivity index (χ2v) is 8.14. The molecule has 0 unspecified atom stereocenters. The fraction of sp³-hybridized carbons (Fsp3) is 0.211. The second kappa shape index (κ2) is 7.08. The van der Waals surface area contributed by atoms with Crippen molar-refractivity contribution in [1.29, 1.82) is 0 Å². The summed E-state index contributed by atoms with van der Waals surface area (Å²) in [4.78, 5) is 12.3. The van der Waals surface area contributed by atoms with Crippen LogP contribution in [-0.4, -0.2) is 31.1 Å². The zero-order valence-electron chi connectivity index (χ0n) is 15.0. The first kappa shape index (κ1) is 18.2. The number of aryl methyl sites for hydroxylation is 1. The zero-order chi connectivity index (χ0) is 19.7. The normalized spacial score (nSPS) is 13.4. The first-order valence-electron chi connectivity index (χ1n) is 8.62. The van der Waals surface area contributed by atoms with Crippen molar-refractivity contribution in [2.75, 3.05) is 10.8 Å². The SMILES string of the molecule is Cc1nnc(COC(=O)c2cccc(S(=O)(=O)N3CCc4ccccc43)c2)o1. The lowest BCUT2D eigenvalue weighted by atomic mass is 10.2. The largest absolute Gasteiger partial charge is 0.452 e. The fourth-order valence-electron chi connectivity index (χ4n) is 3.07. The van der Waals surface area contributed by atoms with Crippen LogP contribution in [0.1, 0.15) is 27.7 Å². The molecule has 144 valence electrons. The van der Waals surface area contributed by atoms with Crippen molar-refractivity contribution in [2.24, 2.45) is 0 Å². The van der Waals surface area contributed by atoms with E-state index in [-0.39, 0.29) is 23.0 Å². The minimum absolute atomic E-state index is 0.0345. The maximum Gasteiger partial charge on any atom is 0.338 e. The van der Waals surface area contributed by atoms with Gasteiger partial charge in [-0.2, -0.15) is 0 Å². The minimum Gasteiger partial charge on any atom is -0.452 e. The van der Waals surface area contributed by atoms with Crippen LogP contribution in [0.25, 0.3) is 0 Å². The van der Waals surface area contributed by atoms with Crippen molar-refractivity contribution in [3.63, 3.8) is 0 Å². The molecular formula is C19H17N3O5S. The van der Waals surface area contributed by atoms with Crippen LogP contribution in [0.4, 0.5) is 5.69 Å². The molecule has 1 aliphatic rings. The lowest BCUT2D eigenvalue weighted by molar-refractivity contribution is 0.0436. The molecular weight excluding hydrogens is 382 g/mol. The summed E-state index contributed by atoms with van der Waals surface area (Å²) < 4.78 is 37.8. The minimum atomic E-state index is -3.79. The van der Waals surface area contributed by atoms with Gasteiger partial charge in [-0.15, -0.1) is 10.2 Å². The molecule has 0 N–H and O–H groups in total. The fourth-order valence-corrected chi connectivity index (χ4v) is 4.62. The van der Waals surface area contributed by atoms with E-state index < -0.39 is 16.0 Å². The highest BCUT2D eigenvalue weighted by Gasteiger charge is 2.31. The molecule has 0 aliphatic carbocycles. The number of carbonyl (C=O) groups excluding carboxylic acids is 1. The number of para-hydroxylation sites is 1. The van der Waals surface area contributed by atoms with Crippen LogP contribution in [0, 0.1) is 6.92 Å². The van der Waals surface area contributed by atoms with E-state index in [0.29, 0.717) is 24.5 Å². The zero-order valence-corrected chi connectivity index (χ0v) is 15.8. The molecule has 4 rings (SSSR count). The topological polar surface area (TPSA) is 103 Å². The Labute approximate surface area is 161 Å². The van der Waals surface area contributed by atoms with Gasteiger partial charge in [0.25, 0.3) is 15.9 Å². The van der Waals surface area contributed by atoms with Crippen molar-refractivity contribution in [3.8, 4) is 0 Å². The number of benzene rings is 2. The number of nitrogens with zero attached hydrogens (tertiary/aromatic N) is 3. The number of aromatic nitrogens is 2. The predicted octanol–water partition coefficient (Wildman–Crippen LogP) is 2.49. The average Bonchev–Trinajstić information content (AvgIpc) is 3.32. The van der Waals surface area contributed by atoms with Crippen LogP contribution < -0.4 is 4.31 Å². The van der Waals surface area contributed by atoms with Gasteiger partial charge in [0.15, 0.2) is 6.61 Å². The van der Waals surface area contributed by atoms with E-state index >= 15 is 0 Å². The summed E-state index contributed by atoms with van der Waals surface area (Å²) in [7, 11) is -3.79. The maximum absolute atomic E-state index is 13.1. The standard InChI is InChI=1S/C19H17N3O5S/c1-13-20-21-18(27-13)12-26-19(23)15-6-4-7-16(11-15)28(24,25)22-10-9-14-5-2-3-8-17(14)22/h2-8,11H,9-10,12H2,1H3. The van der Waals surface area contributed by atoms with Crippen LogP contribution in [0.2, 0.25) is 0 Å². The number of hydrogen-bond donors (Lipinski definition) is 0. The Morgan fingerprint density at radius 3 is 2.79 bits per heavy atom. The van der Waals surface area contributed by atoms with Gasteiger partial charge in [0.1, 0.15) is 0 Å². The monoisotopic (exact) mass is 399 g/mol. The molecule has 9 heteroatoms. The van der Waals surface area contributed by atoms with E-state index in [1.165, 1.54) is 28.6 Å². The van der Waals surface area contributed by atoms with Gasteiger partial charge < -0.3 is 9.15 Å². The molecule has 0 radical (unpaired) electrons. The first-order valence-corrected chi connectivity index (χ1v) is 10.1. The van der Waals surface area contributed by atoms with Gasteiger partial charge in [-0.05, 0) is 36.2 Å². The van der Waals surface area contributed by atoms with Crippen LogP contribution >= 0.6 is 0 Å². The van der Waals surface area contributed by atoms with Gasteiger partial charge >= 0.3 is 5.97 Å². The molecule has 2 aromatic carbocycles. The van der Waals surface area contributed by atoms with Gasteiger partial charge in [0.05, 0.1) is 16.1 Å². The third kappa shape index (κ3) is 3.36. The van der Waals surface area contributed by atoms with Gasteiger partial charge in [-0.3, -0.25) is 4.31 Å². The number of sulfonamides is 1. The smallest absolute Gasteiger partial charge is 0.338 e. The van der Waals surface area contributed by atoms with E-state index in [0.717, 1.165) is 5.56 Å². The average molecular weight is 399 g/mol. The highest BCUT2D eigenvalue weighted by atomic mass is 32.2. The van der Waals surface area contributed by atoms with E-state index in [9.17, 15) is 13.2 Å². The molecule has 0 spiro atoms. The van der Waals surface area contributed by atoms with Crippen LogP contribution in [0.3, 0.4) is 0 Å². The number of esters is 1. The molecule has 1 aromatic heterocycles. The van der Waals surface area contributed by atoms with Gasteiger partial charge in [-0.1, -0.05) is 24.3 Å².